The zero-order valence-electron chi connectivity index (χ0n) is 11.2. The minimum absolute atomic E-state index is 0.285. The molecule has 0 aliphatic heterocycles. The third-order valence-corrected chi connectivity index (χ3v) is 3.67. The molecule has 0 fully saturated rings. The van der Waals surface area contributed by atoms with Gasteiger partial charge >= 0.3 is 0 Å². The monoisotopic (exact) mass is 332 g/mol. The number of carbonyl (C=O) groups excluding carboxylic acids is 1. The first kappa shape index (κ1) is 14.6. The molecule has 0 bridgehead atoms. The number of nitrogens with one attached hydrogen (secondary N) is 1. The van der Waals surface area contributed by atoms with E-state index in [0.717, 1.165) is 0 Å². The molecule has 2 heterocycles. The molecule has 3 rings (SSSR count). The normalized spacial score (nSPS) is 10.5. The highest BCUT2D eigenvalue weighted by atomic mass is 35.5. The Hall–Kier alpha value is -2.37. The summed E-state index contributed by atoms with van der Waals surface area (Å²) in [5.74, 6) is 0.379. The molecule has 0 aliphatic carbocycles. The molecule has 5 nitrogen and oxygen atoms in total. The molecule has 0 saturated heterocycles. The molecule has 0 radical (unpaired) electrons. The highest BCUT2D eigenvalue weighted by molar-refractivity contribution is 6.42. The molecule has 110 valence electrons. The van der Waals surface area contributed by atoms with Crippen LogP contribution in [-0.2, 0) is 0 Å². The smallest absolute Gasteiger partial charge is 0.255 e. The average molecular weight is 333 g/mol. The standard InChI is InChI=1S/C15H10Cl2N4O/c16-12-4-2-10(8-13(12)17)15(22)20-11-3-5-14(18-9-11)21-7-1-6-19-21/h1-9H,(H,20,22). The molecule has 0 unspecified atom stereocenters. The molecular formula is C15H10Cl2N4O. The summed E-state index contributed by atoms with van der Waals surface area (Å²) < 4.78 is 1.63. The van der Waals surface area contributed by atoms with Gasteiger partial charge in [-0.3, -0.25) is 4.79 Å². The lowest BCUT2D eigenvalue weighted by Crippen LogP contribution is -2.12. The van der Waals surface area contributed by atoms with Crippen molar-refractivity contribution in [3.05, 3.63) is 70.6 Å². The Kier molecular flexibility index (Phi) is 4.09. The molecule has 1 aromatic carbocycles. The van der Waals surface area contributed by atoms with Crippen molar-refractivity contribution < 1.29 is 4.79 Å². The van der Waals surface area contributed by atoms with Crippen molar-refractivity contribution in [2.45, 2.75) is 0 Å². The predicted octanol–water partition coefficient (Wildman–Crippen LogP) is 3.83. The molecule has 1 amide bonds. The number of nitrogens with zero attached hydrogens (tertiary/aromatic N) is 3. The molecule has 0 atom stereocenters. The Balaban J connectivity index is 1.75. The lowest BCUT2D eigenvalue weighted by Gasteiger charge is -2.07. The number of hydrogen-bond donors (Lipinski definition) is 1. The number of carbonyl (C=O) groups is 1. The summed E-state index contributed by atoms with van der Waals surface area (Å²) in [6, 6.07) is 10.0. The highest BCUT2D eigenvalue weighted by Gasteiger charge is 2.09. The predicted molar refractivity (Wildman–Crippen MR) is 85.8 cm³/mol. The van der Waals surface area contributed by atoms with Crippen LogP contribution in [0.15, 0.2) is 55.0 Å². The van der Waals surface area contributed by atoms with Crippen molar-refractivity contribution >= 4 is 34.8 Å². The fraction of sp³-hybridized carbons (Fsp3) is 0. The minimum Gasteiger partial charge on any atom is -0.321 e. The van der Waals surface area contributed by atoms with Crippen LogP contribution in [0.4, 0.5) is 5.69 Å². The van der Waals surface area contributed by atoms with Crippen LogP contribution in [0.5, 0.6) is 0 Å². The van der Waals surface area contributed by atoms with Crippen LogP contribution in [0.3, 0.4) is 0 Å². The maximum absolute atomic E-state index is 12.1. The van der Waals surface area contributed by atoms with Gasteiger partial charge in [0.25, 0.3) is 5.91 Å². The number of aromatic nitrogens is 3. The van der Waals surface area contributed by atoms with Crippen LogP contribution in [0.2, 0.25) is 10.0 Å². The van der Waals surface area contributed by atoms with Crippen LogP contribution in [0, 0.1) is 0 Å². The molecule has 0 saturated carbocycles. The van der Waals surface area contributed by atoms with Gasteiger partial charge in [0.15, 0.2) is 5.82 Å². The van der Waals surface area contributed by atoms with E-state index in [0.29, 0.717) is 27.1 Å². The van der Waals surface area contributed by atoms with Gasteiger partial charge in [-0.25, -0.2) is 9.67 Å². The average Bonchev–Trinajstić information content (AvgIpc) is 3.05. The van der Waals surface area contributed by atoms with E-state index in [9.17, 15) is 4.79 Å². The highest BCUT2D eigenvalue weighted by Crippen LogP contribution is 2.23. The zero-order valence-corrected chi connectivity index (χ0v) is 12.7. The van der Waals surface area contributed by atoms with Crippen LogP contribution >= 0.6 is 23.2 Å². The minimum atomic E-state index is -0.285. The van der Waals surface area contributed by atoms with Crippen LogP contribution in [0.25, 0.3) is 5.82 Å². The summed E-state index contributed by atoms with van der Waals surface area (Å²) in [6.45, 7) is 0. The van der Waals surface area contributed by atoms with Gasteiger partial charge in [-0.1, -0.05) is 23.2 Å². The van der Waals surface area contributed by atoms with E-state index >= 15 is 0 Å². The zero-order chi connectivity index (χ0) is 15.5. The maximum atomic E-state index is 12.1. The first-order valence-electron chi connectivity index (χ1n) is 6.36. The summed E-state index contributed by atoms with van der Waals surface area (Å²) >= 11 is 11.7. The van der Waals surface area contributed by atoms with E-state index in [1.807, 2.05) is 6.07 Å². The SMILES string of the molecule is O=C(Nc1ccc(-n2cccn2)nc1)c1ccc(Cl)c(Cl)c1. The Bertz CT molecular complexity index is 801. The molecule has 2 aromatic heterocycles. The number of anilines is 1. The van der Waals surface area contributed by atoms with Crippen LogP contribution in [-0.4, -0.2) is 20.7 Å². The van der Waals surface area contributed by atoms with Crippen molar-refractivity contribution in [2.75, 3.05) is 5.32 Å². The van der Waals surface area contributed by atoms with Gasteiger partial charge in [-0.15, -0.1) is 0 Å². The molecule has 3 aromatic rings. The van der Waals surface area contributed by atoms with E-state index in [1.165, 1.54) is 6.07 Å². The van der Waals surface area contributed by atoms with Gasteiger partial charge in [-0.05, 0) is 36.4 Å². The molecule has 22 heavy (non-hydrogen) atoms. The second-order valence-electron chi connectivity index (χ2n) is 4.44. The van der Waals surface area contributed by atoms with E-state index in [-0.39, 0.29) is 5.91 Å². The van der Waals surface area contributed by atoms with Crippen molar-refractivity contribution in [3.63, 3.8) is 0 Å². The van der Waals surface area contributed by atoms with Gasteiger partial charge in [-0.2, -0.15) is 5.10 Å². The van der Waals surface area contributed by atoms with Gasteiger partial charge < -0.3 is 5.32 Å². The third kappa shape index (κ3) is 3.10. The van der Waals surface area contributed by atoms with Crippen molar-refractivity contribution in [2.24, 2.45) is 0 Å². The number of pyridine rings is 1. The number of hydrogen-bond acceptors (Lipinski definition) is 3. The lowest BCUT2D eigenvalue weighted by molar-refractivity contribution is 0.102. The molecule has 0 spiro atoms. The van der Waals surface area contributed by atoms with Crippen LogP contribution < -0.4 is 5.32 Å². The second kappa shape index (κ2) is 6.17. The molecule has 1 N–H and O–H groups in total. The van der Waals surface area contributed by atoms with Crippen molar-refractivity contribution in [1.29, 1.82) is 0 Å². The van der Waals surface area contributed by atoms with Gasteiger partial charge in [0.2, 0.25) is 0 Å². The third-order valence-electron chi connectivity index (χ3n) is 2.93. The van der Waals surface area contributed by atoms with Gasteiger partial charge in [0.05, 0.1) is 21.9 Å². The number of benzene rings is 1. The first-order chi connectivity index (χ1) is 10.6. The fourth-order valence-corrected chi connectivity index (χ4v) is 2.14. The largest absolute Gasteiger partial charge is 0.321 e. The number of amides is 1. The summed E-state index contributed by atoms with van der Waals surface area (Å²) in [4.78, 5) is 16.4. The van der Waals surface area contributed by atoms with E-state index in [4.69, 9.17) is 23.2 Å². The van der Waals surface area contributed by atoms with E-state index < -0.39 is 0 Å². The Morgan fingerprint density at radius 1 is 1.14 bits per heavy atom. The molecule has 0 aliphatic rings. The summed E-state index contributed by atoms with van der Waals surface area (Å²) in [7, 11) is 0. The summed E-state index contributed by atoms with van der Waals surface area (Å²) in [5, 5.41) is 7.57. The van der Waals surface area contributed by atoms with Crippen molar-refractivity contribution in [3.8, 4) is 5.82 Å². The number of rotatable bonds is 3. The Labute approximate surface area is 136 Å². The number of halogens is 2. The Morgan fingerprint density at radius 2 is 2.00 bits per heavy atom. The van der Waals surface area contributed by atoms with Crippen LogP contribution in [0.1, 0.15) is 10.4 Å². The fourth-order valence-electron chi connectivity index (χ4n) is 1.84. The topological polar surface area (TPSA) is 59.8 Å². The first-order valence-corrected chi connectivity index (χ1v) is 7.11. The van der Waals surface area contributed by atoms with Gasteiger partial charge in [0.1, 0.15) is 0 Å². The molecule has 7 heteroatoms. The summed E-state index contributed by atoms with van der Waals surface area (Å²) in [6.07, 6.45) is 5.02. The van der Waals surface area contributed by atoms with E-state index in [1.54, 1.807) is 47.5 Å². The quantitative estimate of drug-likeness (QED) is 0.792. The Morgan fingerprint density at radius 3 is 2.64 bits per heavy atom. The van der Waals surface area contributed by atoms with E-state index in [2.05, 4.69) is 15.4 Å². The second-order valence-corrected chi connectivity index (χ2v) is 5.25. The van der Waals surface area contributed by atoms with Crippen molar-refractivity contribution in [1.82, 2.24) is 14.8 Å². The maximum Gasteiger partial charge on any atom is 0.255 e. The molecular weight excluding hydrogens is 323 g/mol. The summed E-state index contributed by atoms with van der Waals surface area (Å²) in [5.41, 5.74) is 0.998. The lowest BCUT2D eigenvalue weighted by atomic mass is 10.2. The van der Waals surface area contributed by atoms with Gasteiger partial charge in [0, 0.05) is 18.0 Å².